The molecule has 0 radical (unpaired) electrons. The van der Waals surface area contributed by atoms with Crippen molar-refractivity contribution in [2.75, 3.05) is 13.7 Å². The molecule has 0 saturated heterocycles. The van der Waals surface area contributed by atoms with Crippen LogP contribution in [0.25, 0.3) is 10.9 Å². The van der Waals surface area contributed by atoms with Gasteiger partial charge in [0.15, 0.2) is 0 Å². The second-order valence-corrected chi connectivity index (χ2v) is 7.44. The van der Waals surface area contributed by atoms with Crippen molar-refractivity contribution >= 4 is 21.1 Å². The maximum Gasteiger partial charge on any atom is 0.279 e. The Hall–Kier alpha value is -1.41. The highest BCUT2D eigenvalue weighted by Crippen LogP contribution is 2.19. The Morgan fingerprint density at radius 3 is 2.64 bits per heavy atom. The maximum absolute atomic E-state index is 12.2. The van der Waals surface area contributed by atoms with Crippen LogP contribution >= 0.6 is 0 Å². The summed E-state index contributed by atoms with van der Waals surface area (Å²) in [6.07, 6.45) is 2.28. The van der Waals surface area contributed by atoms with Crippen molar-refractivity contribution in [3.05, 3.63) is 36.0 Å². The number of hydrogen-bond donors (Lipinski definition) is 3. The van der Waals surface area contributed by atoms with Crippen molar-refractivity contribution in [3.8, 4) is 0 Å². The van der Waals surface area contributed by atoms with Crippen molar-refractivity contribution < 1.29 is 13.5 Å². The smallest absolute Gasteiger partial charge is 0.279 e. The molecule has 0 spiro atoms. The zero-order chi connectivity index (χ0) is 16.3. The Morgan fingerprint density at radius 1 is 1.32 bits per heavy atom. The van der Waals surface area contributed by atoms with Gasteiger partial charge in [-0.3, -0.25) is 0 Å². The summed E-state index contributed by atoms with van der Waals surface area (Å²) in [5.74, 6) is 0. The normalized spacial score (nSPS) is 14.1. The van der Waals surface area contributed by atoms with E-state index in [1.165, 1.54) is 11.4 Å². The van der Waals surface area contributed by atoms with Gasteiger partial charge in [-0.15, -0.1) is 0 Å². The van der Waals surface area contributed by atoms with Crippen LogP contribution in [0.5, 0.6) is 0 Å². The molecule has 0 aliphatic heterocycles. The summed E-state index contributed by atoms with van der Waals surface area (Å²) in [7, 11) is -2.09. The van der Waals surface area contributed by atoms with Gasteiger partial charge in [0.1, 0.15) is 0 Å². The summed E-state index contributed by atoms with van der Waals surface area (Å²) in [6.45, 7) is 3.34. The number of para-hydroxylation sites is 1. The van der Waals surface area contributed by atoms with Crippen molar-refractivity contribution in [1.29, 1.82) is 0 Å². The van der Waals surface area contributed by atoms with Crippen LogP contribution in [0.2, 0.25) is 0 Å². The molecule has 0 unspecified atom stereocenters. The lowest BCUT2D eigenvalue weighted by Crippen LogP contribution is -2.48. The maximum atomic E-state index is 12.2. The summed E-state index contributed by atoms with van der Waals surface area (Å²) in [5, 5.41) is 10.6. The molecular weight excluding hydrogens is 302 g/mol. The topological polar surface area (TPSA) is 85.4 Å². The van der Waals surface area contributed by atoms with Gasteiger partial charge in [0.05, 0.1) is 12.6 Å². The molecular formula is C15H23N3O3S. The molecule has 6 nitrogen and oxygen atoms in total. The van der Waals surface area contributed by atoms with Crippen molar-refractivity contribution in [3.63, 3.8) is 0 Å². The van der Waals surface area contributed by atoms with E-state index in [1.54, 1.807) is 13.8 Å². The zero-order valence-electron chi connectivity index (χ0n) is 13.1. The molecule has 1 atom stereocenters. The number of rotatable bonds is 7. The molecule has 2 rings (SSSR count). The SMILES string of the molecule is CC(C)N(C)S(=O)(=O)N[C@@H](CO)Cc1c[nH]c2ccccc12. The predicted molar refractivity (Wildman–Crippen MR) is 87.8 cm³/mol. The molecule has 7 heteroatoms. The van der Waals surface area contributed by atoms with Crippen LogP contribution in [0.3, 0.4) is 0 Å². The van der Waals surface area contributed by atoms with Crippen molar-refractivity contribution in [2.24, 2.45) is 0 Å². The average Bonchev–Trinajstić information content (AvgIpc) is 2.88. The highest BCUT2D eigenvalue weighted by molar-refractivity contribution is 7.87. The van der Waals surface area contributed by atoms with Crippen LogP contribution in [0.15, 0.2) is 30.5 Å². The van der Waals surface area contributed by atoms with Crippen LogP contribution in [0.1, 0.15) is 19.4 Å². The standard InChI is InChI=1S/C15H23N3O3S/c1-11(2)18(3)22(20,21)17-13(10-19)8-12-9-16-15-7-5-4-6-14(12)15/h4-7,9,11,13,16-17,19H,8,10H2,1-3H3/t13-/m1/s1. The molecule has 0 aliphatic rings. The third-order valence-electron chi connectivity index (χ3n) is 3.78. The van der Waals surface area contributed by atoms with Crippen LogP contribution in [-0.2, 0) is 16.6 Å². The summed E-state index contributed by atoms with van der Waals surface area (Å²) in [6, 6.07) is 7.10. The highest BCUT2D eigenvalue weighted by Gasteiger charge is 2.24. The lowest BCUT2D eigenvalue weighted by molar-refractivity contribution is 0.253. The Balaban J connectivity index is 2.16. The van der Waals surface area contributed by atoms with Gasteiger partial charge in [0, 0.05) is 30.2 Å². The van der Waals surface area contributed by atoms with E-state index >= 15 is 0 Å². The first-order chi connectivity index (χ1) is 10.3. The first kappa shape index (κ1) is 17.0. The molecule has 0 bridgehead atoms. The largest absolute Gasteiger partial charge is 0.395 e. The summed E-state index contributed by atoms with van der Waals surface area (Å²) >= 11 is 0. The van der Waals surface area contributed by atoms with Gasteiger partial charge in [-0.05, 0) is 31.9 Å². The zero-order valence-corrected chi connectivity index (χ0v) is 13.9. The molecule has 1 heterocycles. The summed E-state index contributed by atoms with van der Waals surface area (Å²) in [5.41, 5.74) is 1.97. The highest BCUT2D eigenvalue weighted by atomic mass is 32.2. The third-order valence-corrected chi connectivity index (χ3v) is 5.59. The van der Waals surface area contributed by atoms with E-state index in [1.807, 2.05) is 30.5 Å². The number of aromatic amines is 1. The second-order valence-electron chi connectivity index (χ2n) is 5.68. The lowest BCUT2D eigenvalue weighted by Gasteiger charge is -2.24. The summed E-state index contributed by atoms with van der Waals surface area (Å²) in [4.78, 5) is 3.15. The van der Waals surface area contributed by atoms with Gasteiger partial charge < -0.3 is 10.1 Å². The van der Waals surface area contributed by atoms with E-state index in [0.717, 1.165) is 16.5 Å². The van der Waals surface area contributed by atoms with Crippen LogP contribution in [0.4, 0.5) is 0 Å². The van der Waals surface area contributed by atoms with Gasteiger partial charge in [-0.1, -0.05) is 18.2 Å². The number of aliphatic hydroxyl groups excluding tert-OH is 1. The fourth-order valence-electron chi connectivity index (χ4n) is 2.28. The van der Waals surface area contributed by atoms with Gasteiger partial charge >= 0.3 is 0 Å². The van der Waals surface area contributed by atoms with E-state index in [2.05, 4.69) is 9.71 Å². The number of benzene rings is 1. The number of hydrogen-bond acceptors (Lipinski definition) is 3. The lowest BCUT2D eigenvalue weighted by atomic mass is 10.1. The first-order valence-electron chi connectivity index (χ1n) is 7.26. The minimum atomic E-state index is -3.61. The molecule has 1 aromatic heterocycles. The van der Waals surface area contributed by atoms with E-state index in [0.29, 0.717) is 6.42 Å². The number of aliphatic hydroxyl groups is 1. The third kappa shape index (κ3) is 3.67. The molecule has 2 aromatic rings. The Kier molecular flexibility index (Phi) is 5.23. The molecule has 1 aromatic carbocycles. The van der Waals surface area contributed by atoms with Crippen molar-refractivity contribution in [2.45, 2.75) is 32.4 Å². The van der Waals surface area contributed by atoms with E-state index in [4.69, 9.17) is 0 Å². The Labute approximate surface area is 131 Å². The Bertz CT molecular complexity index is 724. The molecule has 0 saturated carbocycles. The quantitative estimate of drug-likeness (QED) is 0.716. The number of H-pyrrole nitrogens is 1. The van der Waals surface area contributed by atoms with Crippen LogP contribution in [-0.4, -0.2) is 48.6 Å². The van der Waals surface area contributed by atoms with E-state index < -0.39 is 16.3 Å². The number of aromatic nitrogens is 1. The molecule has 0 aliphatic carbocycles. The predicted octanol–water partition coefficient (Wildman–Crippen LogP) is 1.25. The molecule has 0 fully saturated rings. The molecule has 0 amide bonds. The van der Waals surface area contributed by atoms with Gasteiger partial charge in [-0.25, -0.2) is 0 Å². The van der Waals surface area contributed by atoms with E-state index in [9.17, 15) is 13.5 Å². The van der Waals surface area contributed by atoms with Gasteiger partial charge in [0.25, 0.3) is 10.2 Å². The fraction of sp³-hybridized carbons (Fsp3) is 0.467. The summed E-state index contributed by atoms with van der Waals surface area (Å²) < 4.78 is 28.3. The van der Waals surface area contributed by atoms with Gasteiger partial charge in [0.2, 0.25) is 0 Å². The van der Waals surface area contributed by atoms with Crippen LogP contribution in [0, 0.1) is 0 Å². The molecule has 122 valence electrons. The average molecular weight is 325 g/mol. The number of nitrogens with zero attached hydrogens (tertiary/aromatic N) is 1. The minimum absolute atomic E-state index is 0.148. The van der Waals surface area contributed by atoms with Crippen molar-refractivity contribution in [1.82, 2.24) is 14.0 Å². The number of fused-ring (bicyclic) bond motifs is 1. The van der Waals surface area contributed by atoms with E-state index in [-0.39, 0.29) is 12.6 Å². The van der Waals surface area contributed by atoms with Gasteiger partial charge in [-0.2, -0.15) is 17.4 Å². The molecule has 22 heavy (non-hydrogen) atoms. The Morgan fingerprint density at radius 2 is 2.00 bits per heavy atom. The minimum Gasteiger partial charge on any atom is -0.395 e. The van der Waals surface area contributed by atoms with Crippen LogP contribution < -0.4 is 4.72 Å². The molecule has 3 N–H and O–H groups in total. The number of nitrogens with one attached hydrogen (secondary N) is 2. The first-order valence-corrected chi connectivity index (χ1v) is 8.70. The fourth-order valence-corrected chi connectivity index (χ4v) is 3.58. The second kappa shape index (κ2) is 6.78. The monoisotopic (exact) mass is 325 g/mol.